The summed E-state index contributed by atoms with van der Waals surface area (Å²) < 4.78 is 11.0. The molecule has 1 heterocycles. The fourth-order valence-electron chi connectivity index (χ4n) is 2.93. The lowest BCUT2D eigenvalue weighted by Crippen LogP contribution is -2.30. The van der Waals surface area contributed by atoms with Crippen LogP contribution in [0.2, 0.25) is 0 Å². The van der Waals surface area contributed by atoms with Crippen LogP contribution in [0.3, 0.4) is 0 Å². The van der Waals surface area contributed by atoms with Crippen molar-refractivity contribution in [1.82, 2.24) is 0 Å². The van der Waals surface area contributed by atoms with Crippen LogP contribution in [0, 0.1) is 0 Å². The van der Waals surface area contributed by atoms with Gasteiger partial charge in [0, 0.05) is 24.5 Å². The van der Waals surface area contributed by atoms with Gasteiger partial charge in [-0.05, 0) is 56.2 Å². The summed E-state index contributed by atoms with van der Waals surface area (Å²) in [4.78, 5) is 14.7. The molecule has 1 aliphatic rings. The first-order chi connectivity index (χ1) is 12.2. The van der Waals surface area contributed by atoms with E-state index < -0.39 is 6.10 Å². The largest absolute Gasteiger partial charge is 0.493 e. The quantitative estimate of drug-likeness (QED) is 0.871. The molecule has 0 saturated carbocycles. The number of carbonyl (C=O) groups is 1. The number of methoxy groups -OCH3 is 1. The predicted molar refractivity (Wildman–Crippen MR) is 99.6 cm³/mol. The predicted octanol–water partition coefficient (Wildman–Crippen LogP) is 3.70. The second-order valence-corrected chi connectivity index (χ2v) is 6.14. The van der Waals surface area contributed by atoms with Gasteiger partial charge in [-0.3, -0.25) is 4.79 Å². The molecule has 25 heavy (non-hydrogen) atoms. The van der Waals surface area contributed by atoms with E-state index in [9.17, 15) is 4.79 Å². The number of hydrogen-bond donors (Lipinski definition) is 1. The van der Waals surface area contributed by atoms with E-state index in [1.807, 2.05) is 36.4 Å². The minimum absolute atomic E-state index is 0.195. The lowest BCUT2D eigenvalue weighted by Gasteiger charge is -2.19. The van der Waals surface area contributed by atoms with Crippen molar-refractivity contribution in [2.45, 2.75) is 25.9 Å². The lowest BCUT2D eigenvalue weighted by atomic mass is 10.2. The first kappa shape index (κ1) is 17.1. The molecule has 0 bridgehead atoms. The number of ether oxygens (including phenoxy) is 2. The van der Waals surface area contributed by atoms with Crippen molar-refractivity contribution in [3.05, 3.63) is 48.5 Å². The Morgan fingerprint density at radius 3 is 2.32 bits per heavy atom. The summed E-state index contributed by atoms with van der Waals surface area (Å²) in [6.07, 6.45) is 1.86. The van der Waals surface area contributed by atoms with Gasteiger partial charge in [0.1, 0.15) is 0 Å². The van der Waals surface area contributed by atoms with Gasteiger partial charge in [-0.1, -0.05) is 12.1 Å². The van der Waals surface area contributed by atoms with E-state index in [0.717, 1.165) is 18.8 Å². The zero-order valence-corrected chi connectivity index (χ0v) is 14.7. The number of nitrogens with zero attached hydrogens (tertiary/aromatic N) is 1. The van der Waals surface area contributed by atoms with Crippen molar-refractivity contribution in [2.24, 2.45) is 0 Å². The first-order valence-electron chi connectivity index (χ1n) is 8.63. The Labute approximate surface area is 148 Å². The van der Waals surface area contributed by atoms with Crippen LogP contribution in [0.1, 0.15) is 19.8 Å². The molecule has 0 spiro atoms. The highest BCUT2D eigenvalue weighted by atomic mass is 16.5. The van der Waals surface area contributed by atoms with Gasteiger partial charge in [0.2, 0.25) is 0 Å². The molecule has 1 saturated heterocycles. The number of amides is 1. The minimum atomic E-state index is -0.630. The molecule has 2 aromatic rings. The van der Waals surface area contributed by atoms with Crippen molar-refractivity contribution < 1.29 is 14.3 Å². The van der Waals surface area contributed by atoms with Crippen molar-refractivity contribution >= 4 is 17.3 Å². The molecule has 5 nitrogen and oxygen atoms in total. The molecule has 2 aromatic carbocycles. The van der Waals surface area contributed by atoms with E-state index in [1.54, 1.807) is 26.2 Å². The number of anilines is 2. The summed E-state index contributed by atoms with van der Waals surface area (Å²) in [6, 6.07) is 15.3. The molecule has 1 N–H and O–H groups in total. The molecular formula is C20H24N2O3. The van der Waals surface area contributed by atoms with Gasteiger partial charge >= 0.3 is 0 Å². The van der Waals surface area contributed by atoms with Crippen molar-refractivity contribution in [3.63, 3.8) is 0 Å². The fourth-order valence-corrected chi connectivity index (χ4v) is 2.93. The molecule has 0 aromatic heterocycles. The second-order valence-electron chi connectivity index (χ2n) is 6.14. The van der Waals surface area contributed by atoms with Crippen LogP contribution in [0.15, 0.2) is 48.5 Å². The van der Waals surface area contributed by atoms with Gasteiger partial charge < -0.3 is 19.7 Å². The monoisotopic (exact) mass is 340 g/mol. The summed E-state index contributed by atoms with van der Waals surface area (Å²) >= 11 is 0. The van der Waals surface area contributed by atoms with Gasteiger partial charge in [-0.25, -0.2) is 0 Å². The lowest BCUT2D eigenvalue weighted by molar-refractivity contribution is -0.122. The molecule has 132 valence electrons. The van der Waals surface area contributed by atoms with Crippen LogP contribution in [-0.2, 0) is 4.79 Å². The van der Waals surface area contributed by atoms with Crippen LogP contribution in [0.4, 0.5) is 11.4 Å². The Morgan fingerprint density at radius 1 is 1.04 bits per heavy atom. The van der Waals surface area contributed by atoms with E-state index in [-0.39, 0.29) is 5.91 Å². The summed E-state index contributed by atoms with van der Waals surface area (Å²) in [7, 11) is 1.58. The molecule has 0 aliphatic carbocycles. The molecule has 3 rings (SSSR count). The Morgan fingerprint density at radius 2 is 1.68 bits per heavy atom. The second kappa shape index (κ2) is 7.92. The van der Waals surface area contributed by atoms with Crippen LogP contribution in [0.5, 0.6) is 11.5 Å². The Hall–Kier alpha value is -2.69. The molecule has 1 fully saturated rings. The zero-order valence-electron chi connectivity index (χ0n) is 14.7. The highest BCUT2D eigenvalue weighted by Gasteiger charge is 2.17. The van der Waals surface area contributed by atoms with Crippen LogP contribution < -0.4 is 19.7 Å². The Bertz CT molecular complexity index is 709. The van der Waals surface area contributed by atoms with Gasteiger partial charge in [0.15, 0.2) is 17.6 Å². The molecule has 0 radical (unpaired) electrons. The van der Waals surface area contributed by atoms with Crippen LogP contribution >= 0.6 is 0 Å². The average molecular weight is 340 g/mol. The van der Waals surface area contributed by atoms with Gasteiger partial charge in [0.25, 0.3) is 5.91 Å². The molecular weight excluding hydrogens is 316 g/mol. The maximum atomic E-state index is 12.4. The van der Waals surface area contributed by atoms with Gasteiger partial charge in [-0.2, -0.15) is 0 Å². The maximum Gasteiger partial charge on any atom is 0.265 e. The minimum Gasteiger partial charge on any atom is -0.493 e. The number of hydrogen-bond acceptors (Lipinski definition) is 4. The van der Waals surface area contributed by atoms with Gasteiger partial charge in [-0.15, -0.1) is 0 Å². The smallest absolute Gasteiger partial charge is 0.265 e. The fraction of sp³-hybridized carbons (Fsp3) is 0.350. The molecule has 1 atom stereocenters. The average Bonchev–Trinajstić information content (AvgIpc) is 3.17. The van der Waals surface area contributed by atoms with E-state index in [4.69, 9.17) is 9.47 Å². The van der Waals surface area contributed by atoms with E-state index >= 15 is 0 Å². The van der Waals surface area contributed by atoms with Gasteiger partial charge in [0.05, 0.1) is 7.11 Å². The number of rotatable bonds is 6. The van der Waals surface area contributed by atoms with Crippen molar-refractivity contribution in [2.75, 3.05) is 30.4 Å². The third kappa shape index (κ3) is 4.24. The highest BCUT2D eigenvalue weighted by molar-refractivity contribution is 5.94. The summed E-state index contributed by atoms with van der Waals surface area (Å²) in [5.74, 6) is 0.967. The van der Waals surface area contributed by atoms with Crippen molar-refractivity contribution in [3.8, 4) is 11.5 Å². The normalized spacial score (nSPS) is 14.9. The van der Waals surface area contributed by atoms with E-state index in [2.05, 4.69) is 10.2 Å². The topological polar surface area (TPSA) is 50.8 Å². The first-order valence-corrected chi connectivity index (χ1v) is 8.63. The van der Waals surface area contributed by atoms with E-state index in [1.165, 1.54) is 18.5 Å². The third-order valence-corrected chi connectivity index (χ3v) is 4.35. The zero-order chi connectivity index (χ0) is 17.6. The highest BCUT2D eigenvalue weighted by Crippen LogP contribution is 2.27. The van der Waals surface area contributed by atoms with E-state index in [0.29, 0.717) is 11.5 Å². The van der Waals surface area contributed by atoms with Crippen LogP contribution in [-0.4, -0.2) is 32.2 Å². The number of benzene rings is 2. The van der Waals surface area contributed by atoms with Crippen LogP contribution in [0.25, 0.3) is 0 Å². The number of nitrogens with one attached hydrogen (secondary N) is 1. The van der Waals surface area contributed by atoms with Crippen molar-refractivity contribution in [1.29, 1.82) is 0 Å². The SMILES string of the molecule is COc1ccccc1OC(C)C(=O)Nc1ccc(N2CCCC2)cc1. The molecule has 5 heteroatoms. The third-order valence-electron chi connectivity index (χ3n) is 4.35. The standard InChI is InChI=1S/C20H24N2O3/c1-15(25-19-8-4-3-7-18(19)24-2)20(23)21-16-9-11-17(12-10-16)22-13-5-6-14-22/h3-4,7-12,15H,5-6,13-14H2,1-2H3,(H,21,23). The summed E-state index contributed by atoms with van der Waals surface area (Å²) in [6.45, 7) is 3.94. The summed E-state index contributed by atoms with van der Waals surface area (Å²) in [5.41, 5.74) is 1.97. The number of para-hydroxylation sites is 2. The number of carbonyl (C=O) groups excluding carboxylic acids is 1. The molecule has 1 unspecified atom stereocenters. The Balaban J connectivity index is 1.59. The molecule has 1 amide bonds. The molecule has 1 aliphatic heterocycles. The Kier molecular flexibility index (Phi) is 5.43. The summed E-state index contributed by atoms with van der Waals surface area (Å²) in [5, 5.41) is 2.89. The maximum absolute atomic E-state index is 12.4.